The number of rotatable bonds is 12. The Hall–Kier alpha value is -1.79. The molecular weight excluding hydrogens is 352 g/mol. The Kier molecular flexibility index (Phi) is 9.28. The molecule has 0 bridgehead atoms. The van der Waals surface area contributed by atoms with Gasteiger partial charge in [-0.25, -0.2) is 0 Å². The fourth-order valence-electron chi connectivity index (χ4n) is 2.43. The number of benzene rings is 2. The minimum atomic E-state index is 0.160. The van der Waals surface area contributed by atoms with E-state index in [0.717, 1.165) is 36.5 Å². The first-order valence-electron chi connectivity index (χ1n) is 8.88. The van der Waals surface area contributed by atoms with Crippen LogP contribution in [-0.2, 0) is 13.2 Å². The predicted molar refractivity (Wildman–Crippen MR) is 105 cm³/mol. The highest BCUT2D eigenvalue weighted by atomic mass is 35.5. The van der Waals surface area contributed by atoms with Crippen molar-refractivity contribution in [1.29, 1.82) is 0 Å². The van der Waals surface area contributed by atoms with Crippen LogP contribution in [0.15, 0.2) is 42.5 Å². The highest BCUT2D eigenvalue weighted by Gasteiger charge is 2.08. The second kappa shape index (κ2) is 11.8. The minimum Gasteiger partial charge on any atom is -0.490 e. The van der Waals surface area contributed by atoms with Crippen molar-refractivity contribution in [3.8, 4) is 11.5 Å². The highest BCUT2D eigenvalue weighted by Crippen LogP contribution is 2.30. The summed E-state index contributed by atoms with van der Waals surface area (Å²) in [5, 5.41) is 15.9. The molecule has 2 aromatic carbocycles. The molecule has 3 N–H and O–H groups in total. The Balaban J connectivity index is 1.91. The van der Waals surface area contributed by atoms with Gasteiger partial charge in [-0.15, -0.1) is 0 Å². The lowest BCUT2D eigenvalue weighted by molar-refractivity contribution is 0.269. The maximum absolute atomic E-state index is 8.72. The lowest BCUT2D eigenvalue weighted by Gasteiger charge is -2.14. The van der Waals surface area contributed by atoms with Crippen LogP contribution < -0.4 is 20.1 Å². The molecule has 0 aromatic heterocycles. The van der Waals surface area contributed by atoms with E-state index < -0.39 is 0 Å². The van der Waals surface area contributed by atoms with Gasteiger partial charge in [0.2, 0.25) is 0 Å². The third-order valence-electron chi connectivity index (χ3n) is 3.75. The Bertz CT molecular complexity index is 667. The number of ether oxygens (including phenoxy) is 2. The van der Waals surface area contributed by atoms with Gasteiger partial charge in [-0.1, -0.05) is 35.9 Å². The second-order valence-corrected chi connectivity index (χ2v) is 6.15. The average Bonchev–Trinajstić information content (AvgIpc) is 2.65. The molecule has 0 heterocycles. The van der Waals surface area contributed by atoms with Crippen LogP contribution in [0, 0.1) is 0 Å². The third kappa shape index (κ3) is 6.84. The lowest BCUT2D eigenvalue weighted by Crippen LogP contribution is -2.28. The average molecular weight is 379 g/mol. The fourth-order valence-corrected chi connectivity index (χ4v) is 2.62. The number of aliphatic hydroxyl groups excluding tert-OH is 1. The zero-order chi connectivity index (χ0) is 18.6. The van der Waals surface area contributed by atoms with E-state index in [2.05, 4.69) is 10.6 Å². The minimum absolute atomic E-state index is 0.160. The summed E-state index contributed by atoms with van der Waals surface area (Å²) in [4.78, 5) is 0. The van der Waals surface area contributed by atoms with Gasteiger partial charge in [0.25, 0.3) is 0 Å². The van der Waals surface area contributed by atoms with E-state index in [0.29, 0.717) is 30.5 Å². The molecule has 0 fully saturated rings. The number of hydrogen-bond acceptors (Lipinski definition) is 5. The molecule has 0 saturated heterocycles. The largest absolute Gasteiger partial charge is 0.490 e. The molecule has 0 radical (unpaired) electrons. The molecule has 2 aromatic rings. The van der Waals surface area contributed by atoms with Gasteiger partial charge in [0.1, 0.15) is 6.61 Å². The molecule has 0 spiro atoms. The van der Waals surface area contributed by atoms with Crippen molar-refractivity contribution in [2.75, 3.05) is 32.8 Å². The summed E-state index contributed by atoms with van der Waals surface area (Å²) in [6.45, 7) is 6.09. The van der Waals surface area contributed by atoms with Crippen molar-refractivity contribution in [1.82, 2.24) is 10.6 Å². The van der Waals surface area contributed by atoms with Gasteiger partial charge in [-0.2, -0.15) is 0 Å². The van der Waals surface area contributed by atoms with Gasteiger partial charge in [-0.05, 0) is 30.7 Å². The normalized spacial score (nSPS) is 10.7. The van der Waals surface area contributed by atoms with Crippen LogP contribution in [0.2, 0.25) is 5.02 Å². The van der Waals surface area contributed by atoms with Crippen LogP contribution >= 0.6 is 11.6 Å². The van der Waals surface area contributed by atoms with Crippen LogP contribution in [0.3, 0.4) is 0 Å². The van der Waals surface area contributed by atoms with Crippen LogP contribution in [0.1, 0.15) is 18.1 Å². The Labute approximate surface area is 160 Å². The lowest BCUT2D eigenvalue weighted by atomic mass is 10.2. The van der Waals surface area contributed by atoms with Gasteiger partial charge in [-0.3, -0.25) is 0 Å². The fraction of sp³-hybridized carbons (Fsp3) is 0.400. The Morgan fingerprint density at radius 3 is 2.54 bits per heavy atom. The van der Waals surface area contributed by atoms with E-state index >= 15 is 0 Å². The van der Waals surface area contributed by atoms with E-state index in [-0.39, 0.29) is 6.61 Å². The van der Waals surface area contributed by atoms with Gasteiger partial charge in [0.05, 0.1) is 13.2 Å². The molecule has 0 aliphatic heterocycles. The standard InChI is InChI=1S/C20H27ClN2O3/c1-2-25-20-13-16(14-23-10-9-22-11-12-24)7-8-19(20)26-15-17-5-3-4-6-18(17)21/h3-8,13,22-24H,2,9-12,14-15H2,1H3. The van der Waals surface area contributed by atoms with E-state index in [1.54, 1.807) is 0 Å². The van der Waals surface area contributed by atoms with Crippen molar-refractivity contribution in [2.45, 2.75) is 20.1 Å². The first kappa shape index (κ1) is 20.5. The van der Waals surface area contributed by atoms with Crippen molar-refractivity contribution in [3.05, 3.63) is 58.6 Å². The molecule has 0 amide bonds. The number of aliphatic hydroxyl groups is 1. The van der Waals surface area contributed by atoms with E-state index in [4.69, 9.17) is 26.2 Å². The van der Waals surface area contributed by atoms with Gasteiger partial charge >= 0.3 is 0 Å². The third-order valence-corrected chi connectivity index (χ3v) is 4.11. The zero-order valence-corrected chi connectivity index (χ0v) is 15.9. The molecule has 2 rings (SSSR count). The summed E-state index contributed by atoms with van der Waals surface area (Å²) in [7, 11) is 0. The van der Waals surface area contributed by atoms with Crippen molar-refractivity contribution in [2.24, 2.45) is 0 Å². The SMILES string of the molecule is CCOc1cc(CNCCNCCO)ccc1OCc1ccccc1Cl. The quantitative estimate of drug-likeness (QED) is 0.495. The van der Waals surface area contributed by atoms with Crippen LogP contribution in [0.5, 0.6) is 11.5 Å². The first-order chi connectivity index (χ1) is 12.7. The summed E-state index contributed by atoms with van der Waals surface area (Å²) >= 11 is 6.18. The van der Waals surface area contributed by atoms with E-state index in [1.165, 1.54) is 0 Å². The molecule has 26 heavy (non-hydrogen) atoms. The van der Waals surface area contributed by atoms with Crippen molar-refractivity contribution in [3.63, 3.8) is 0 Å². The summed E-state index contributed by atoms with van der Waals surface area (Å²) in [5.74, 6) is 1.44. The summed E-state index contributed by atoms with van der Waals surface area (Å²) < 4.78 is 11.6. The number of halogens is 1. The maximum Gasteiger partial charge on any atom is 0.161 e. The van der Waals surface area contributed by atoms with Crippen molar-refractivity contribution < 1.29 is 14.6 Å². The monoisotopic (exact) mass is 378 g/mol. The Morgan fingerprint density at radius 1 is 0.962 bits per heavy atom. The smallest absolute Gasteiger partial charge is 0.161 e. The molecule has 5 nitrogen and oxygen atoms in total. The number of nitrogens with one attached hydrogen (secondary N) is 2. The molecule has 0 aliphatic carbocycles. The van der Waals surface area contributed by atoms with E-state index in [1.807, 2.05) is 49.4 Å². The summed E-state index contributed by atoms with van der Waals surface area (Å²) in [6, 6.07) is 13.6. The van der Waals surface area contributed by atoms with E-state index in [9.17, 15) is 0 Å². The van der Waals surface area contributed by atoms with Gasteiger partial charge in [0, 0.05) is 36.8 Å². The zero-order valence-electron chi connectivity index (χ0n) is 15.1. The van der Waals surface area contributed by atoms with Crippen molar-refractivity contribution >= 4 is 11.6 Å². The first-order valence-corrected chi connectivity index (χ1v) is 9.26. The van der Waals surface area contributed by atoms with Crippen LogP contribution in [0.25, 0.3) is 0 Å². The molecular formula is C20H27ClN2O3. The van der Waals surface area contributed by atoms with Gasteiger partial charge < -0.3 is 25.2 Å². The summed E-state index contributed by atoms with van der Waals surface area (Å²) in [5.41, 5.74) is 2.07. The molecule has 142 valence electrons. The second-order valence-electron chi connectivity index (χ2n) is 5.74. The molecule has 0 atom stereocenters. The molecule has 0 unspecified atom stereocenters. The number of hydrogen-bond donors (Lipinski definition) is 3. The summed E-state index contributed by atoms with van der Waals surface area (Å²) in [6.07, 6.45) is 0. The maximum atomic E-state index is 8.72. The Morgan fingerprint density at radius 2 is 1.77 bits per heavy atom. The van der Waals surface area contributed by atoms with Crippen LogP contribution in [-0.4, -0.2) is 38.0 Å². The molecule has 6 heteroatoms. The molecule has 0 saturated carbocycles. The molecule has 0 aliphatic rings. The highest BCUT2D eigenvalue weighted by molar-refractivity contribution is 6.31. The predicted octanol–water partition coefficient (Wildman–Crippen LogP) is 2.99. The van der Waals surface area contributed by atoms with Gasteiger partial charge in [0.15, 0.2) is 11.5 Å². The van der Waals surface area contributed by atoms with Crippen LogP contribution in [0.4, 0.5) is 0 Å². The topological polar surface area (TPSA) is 62.8 Å².